The zero-order valence-electron chi connectivity index (χ0n) is 20.1. The molecule has 8 heteroatoms. The molecule has 34 heavy (non-hydrogen) atoms. The van der Waals surface area contributed by atoms with Crippen molar-refractivity contribution in [2.45, 2.75) is 33.9 Å². The van der Waals surface area contributed by atoms with Crippen molar-refractivity contribution >= 4 is 32.9 Å². The lowest BCUT2D eigenvalue weighted by atomic mass is 9.98. The highest BCUT2D eigenvalue weighted by atomic mass is 32.9. The molecule has 0 aliphatic heterocycles. The first-order valence-electron chi connectivity index (χ1n) is 11.6. The third kappa shape index (κ3) is 6.51. The molecule has 3 aromatic rings. The van der Waals surface area contributed by atoms with Crippen LogP contribution in [0.4, 0.5) is 0 Å². The molecular formula is C26H34N2O3S3. The third-order valence-electron chi connectivity index (χ3n) is 6.02. The normalized spacial score (nSPS) is 11.6. The van der Waals surface area contributed by atoms with Gasteiger partial charge in [-0.1, -0.05) is 76.6 Å². The van der Waals surface area contributed by atoms with E-state index in [-0.39, 0.29) is 19.0 Å². The third-order valence-corrected chi connectivity index (χ3v) is 9.08. The van der Waals surface area contributed by atoms with Gasteiger partial charge in [-0.15, -0.1) is 0 Å². The summed E-state index contributed by atoms with van der Waals surface area (Å²) >= 11 is 5.73. The van der Waals surface area contributed by atoms with Crippen LogP contribution in [0.3, 0.4) is 0 Å². The van der Waals surface area contributed by atoms with Crippen molar-refractivity contribution in [2.75, 3.05) is 39.4 Å². The maximum atomic E-state index is 11.2. The van der Waals surface area contributed by atoms with Crippen LogP contribution in [0.5, 0.6) is 5.75 Å². The zero-order chi connectivity index (χ0) is 24.7. The van der Waals surface area contributed by atoms with Gasteiger partial charge in [0.25, 0.3) is 0 Å². The Balaban J connectivity index is 2.13. The van der Waals surface area contributed by atoms with E-state index in [4.69, 9.17) is 12.2 Å². The summed E-state index contributed by atoms with van der Waals surface area (Å²) in [5.41, 5.74) is 6.08. The van der Waals surface area contributed by atoms with E-state index in [9.17, 15) is 15.3 Å². The van der Waals surface area contributed by atoms with Crippen molar-refractivity contribution in [1.82, 2.24) is 9.80 Å². The summed E-state index contributed by atoms with van der Waals surface area (Å²) in [6, 6.07) is 12.6. The Bertz CT molecular complexity index is 1090. The molecule has 0 fully saturated rings. The molecule has 0 saturated heterocycles. The number of rotatable bonds is 12. The van der Waals surface area contributed by atoms with E-state index >= 15 is 0 Å². The van der Waals surface area contributed by atoms with Crippen LogP contribution in [0.15, 0.2) is 36.4 Å². The number of aliphatic hydroxyl groups is 2. The predicted molar refractivity (Wildman–Crippen MR) is 146 cm³/mol. The van der Waals surface area contributed by atoms with Gasteiger partial charge >= 0.3 is 0 Å². The molecule has 0 aliphatic carbocycles. The van der Waals surface area contributed by atoms with Gasteiger partial charge in [0.2, 0.25) is 0 Å². The molecule has 5 nitrogen and oxygen atoms in total. The topological polar surface area (TPSA) is 67.2 Å². The van der Waals surface area contributed by atoms with Gasteiger partial charge < -0.3 is 15.3 Å². The second-order valence-corrected chi connectivity index (χ2v) is 11.2. The van der Waals surface area contributed by atoms with Crippen molar-refractivity contribution in [3.63, 3.8) is 0 Å². The van der Waals surface area contributed by atoms with E-state index in [2.05, 4.69) is 67.0 Å². The average Bonchev–Trinajstić information content (AvgIpc) is 3.22. The summed E-state index contributed by atoms with van der Waals surface area (Å²) in [6.45, 7) is 10.1. The molecule has 0 aliphatic rings. The minimum atomic E-state index is 0.0742. The summed E-state index contributed by atoms with van der Waals surface area (Å²) in [6.07, 6.45) is 0. The summed E-state index contributed by atoms with van der Waals surface area (Å²) in [7, 11) is 3.27. The standard InChI is InChI=1S/C26H34N2O3S3/c1-4-27(10-12-29)16-21-14-20(15-22(24(21)31)17-28(5-2)11-13-30)25-23(26(32)34-33-25)19-8-6-18(3)7-9-19/h6-9,14-15,29-31H,4-5,10-13,16-17H2,1-3H3. The van der Waals surface area contributed by atoms with E-state index < -0.39 is 0 Å². The van der Waals surface area contributed by atoms with Crippen LogP contribution >= 0.6 is 32.9 Å². The first kappa shape index (κ1) is 26.9. The SMILES string of the molecule is CCN(CCO)Cc1cc(-c2ssc(=S)c2-c2ccc(C)cc2)cc(CN(CC)CCO)c1O. The first-order valence-corrected chi connectivity index (χ1v) is 14.2. The van der Waals surface area contributed by atoms with Crippen LogP contribution in [0, 0.1) is 10.7 Å². The minimum absolute atomic E-state index is 0.0742. The number of aryl methyl sites for hydroxylation is 1. The molecule has 0 bridgehead atoms. The summed E-state index contributed by atoms with van der Waals surface area (Å²) in [5, 5.41) is 30.1. The van der Waals surface area contributed by atoms with Gasteiger partial charge in [0, 0.05) is 42.9 Å². The Morgan fingerprint density at radius 1 is 0.824 bits per heavy atom. The van der Waals surface area contributed by atoms with E-state index in [0.717, 1.165) is 49.6 Å². The second kappa shape index (κ2) is 12.9. The van der Waals surface area contributed by atoms with Gasteiger partial charge in [0.1, 0.15) is 9.57 Å². The van der Waals surface area contributed by atoms with Crippen molar-refractivity contribution in [3.05, 3.63) is 56.9 Å². The number of aromatic hydroxyl groups is 1. The molecular weight excluding hydrogens is 484 g/mol. The molecule has 0 radical (unpaired) electrons. The first-order chi connectivity index (χ1) is 16.4. The smallest absolute Gasteiger partial charge is 0.124 e. The molecule has 0 atom stereocenters. The fourth-order valence-corrected chi connectivity index (χ4v) is 6.91. The highest BCUT2D eigenvalue weighted by Crippen LogP contribution is 2.43. The number of phenols is 1. The van der Waals surface area contributed by atoms with Crippen molar-refractivity contribution in [3.8, 4) is 27.3 Å². The van der Waals surface area contributed by atoms with Crippen molar-refractivity contribution < 1.29 is 15.3 Å². The second-order valence-electron chi connectivity index (χ2n) is 8.35. The van der Waals surface area contributed by atoms with Crippen LogP contribution in [-0.2, 0) is 13.1 Å². The number of benzene rings is 2. The average molecular weight is 519 g/mol. The fourth-order valence-electron chi connectivity index (χ4n) is 4.01. The summed E-state index contributed by atoms with van der Waals surface area (Å²) in [5.74, 6) is 0.284. The van der Waals surface area contributed by atoms with Crippen LogP contribution in [0.25, 0.3) is 21.6 Å². The highest BCUT2D eigenvalue weighted by molar-refractivity contribution is 7.80. The van der Waals surface area contributed by atoms with Gasteiger partial charge in [0.15, 0.2) is 0 Å². The number of likely N-dealkylation sites (N-methyl/N-ethyl adjacent to an activating group) is 2. The van der Waals surface area contributed by atoms with E-state index in [1.54, 1.807) is 20.7 Å². The largest absolute Gasteiger partial charge is 0.507 e. The molecule has 1 heterocycles. The van der Waals surface area contributed by atoms with Crippen LogP contribution in [0.2, 0.25) is 0 Å². The molecule has 0 saturated carbocycles. The van der Waals surface area contributed by atoms with Crippen LogP contribution < -0.4 is 0 Å². The van der Waals surface area contributed by atoms with E-state index in [1.807, 2.05) is 0 Å². The van der Waals surface area contributed by atoms with Gasteiger partial charge in [-0.25, -0.2) is 0 Å². The lowest BCUT2D eigenvalue weighted by Crippen LogP contribution is -2.27. The number of hydrogen-bond acceptors (Lipinski definition) is 8. The molecule has 3 rings (SSSR count). The molecule has 2 aromatic carbocycles. The van der Waals surface area contributed by atoms with Crippen LogP contribution in [0.1, 0.15) is 30.5 Å². The summed E-state index contributed by atoms with van der Waals surface area (Å²) < 4.78 is 0.867. The predicted octanol–water partition coefficient (Wildman–Crippen LogP) is 5.52. The zero-order valence-corrected chi connectivity index (χ0v) is 22.5. The Labute approximate surface area is 214 Å². The van der Waals surface area contributed by atoms with Gasteiger partial charge in [0.05, 0.1) is 18.1 Å². The number of aliphatic hydroxyl groups excluding tert-OH is 2. The quantitative estimate of drug-likeness (QED) is 0.217. The minimum Gasteiger partial charge on any atom is -0.507 e. The lowest BCUT2D eigenvalue weighted by Gasteiger charge is -2.24. The highest BCUT2D eigenvalue weighted by Gasteiger charge is 2.19. The summed E-state index contributed by atoms with van der Waals surface area (Å²) in [4.78, 5) is 5.34. The number of hydrogen-bond donors (Lipinski definition) is 3. The Morgan fingerprint density at radius 3 is 1.82 bits per heavy atom. The van der Waals surface area contributed by atoms with Crippen molar-refractivity contribution in [1.29, 1.82) is 0 Å². The van der Waals surface area contributed by atoms with Crippen molar-refractivity contribution in [2.24, 2.45) is 0 Å². The molecule has 0 amide bonds. The Hall–Kier alpha value is -1.65. The molecule has 0 spiro atoms. The maximum Gasteiger partial charge on any atom is 0.124 e. The fraction of sp³-hybridized carbons (Fsp3) is 0.423. The van der Waals surface area contributed by atoms with Gasteiger partial charge in [-0.05, 0) is 43.3 Å². The van der Waals surface area contributed by atoms with Gasteiger partial charge in [-0.3, -0.25) is 9.80 Å². The Morgan fingerprint density at radius 2 is 1.35 bits per heavy atom. The van der Waals surface area contributed by atoms with E-state index in [1.165, 1.54) is 5.56 Å². The Kier molecular flexibility index (Phi) is 10.2. The molecule has 184 valence electrons. The van der Waals surface area contributed by atoms with Crippen LogP contribution in [-0.4, -0.2) is 64.5 Å². The lowest BCUT2D eigenvalue weighted by molar-refractivity contribution is 0.192. The molecule has 3 N–H and O–H groups in total. The molecule has 1 aromatic heterocycles. The maximum absolute atomic E-state index is 11.2. The van der Waals surface area contributed by atoms with Gasteiger partial charge in [-0.2, -0.15) is 0 Å². The number of phenolic OH excluding ortho intramolecular Hbond substituents is 1. The molecule has 0 unspecified atom stereocenters. The number of nitrogens with zero attached hydrogens (tertiary/aromatic N) is 2. The van der Waals surface area contributed by atoms with E-state index in [0.29, 0.717) is 26.2 Å². The monoisotopic (exact) mass is 518 g/mol.